The number of hydrogen-bond donors (Lipinski definition) is 0. The van der Waals surface area contributed by atoms with Crippen LogP contribution in [0.3, 0.4) is 0 Å². The Hall–Kier alpha value is -2.62. The maximum atomic E-state index is 11.4. The number of nitrogens with zero attached hydrogens (tertiary/aromatic N) is 1. The van der Waals surface area contributed by atoms with Gasteiger partial charge in [0, 0.05) is 18.2 Å². The second kappa shape index (κ2) is 9.91. The van der Waals surface area contributed by atoms with Crippen LogP contribution in [0.5, 0.6) is 11.5 Å². The molecule has 0 heterocycles. The molecule has 0 aliphatic heterocycles. The molecule has 0 amide bonds. The van der Waals surface area contributed by atoms with E-state index >= 15 is 0 Å². The Bertz CT molecular complexity index is 848. The number of benzene rings is 2. The minimum Gasteiger partial charge on any atom is -0.493 e. The van der Waals surface area contributed by atoms with Gasteiger partial charge in [-0.15, -0.1) is 0 Å². The molecule has 0 saturated heterocycles. The van der Waals surface area contributed by atoms with Gasteiger partial charge in [-0.3, -0.25) is 10.1 Å². The van der Waals surface area contributed by atoms with E-state index in [1.165, 1.54) is 25.3 Å². The summed E-state index contributed by atoms with van der Waals surface area (Å²) < 4.78 is 16.9. The van der Waals surface area contributed by atoms with E-state index in [1.54, 1.807) is 31.2 Å². The zero-order chi connectivity index (χ0) is 19.8. The molecule has 2 aromatic carbocycles. The van der Waals surface area contributed by atoms with E-state index in [2.05, 4.69) is 22.6 Å². The van der Waals surface area contributed by atoms with Crippen molar-refractivity contribution in [2.75, 3.05) is 13.7 Å². The van der Waals surface area contributed by atoms with Crippen molar-refractivity contribution in [2.24, 2.45) is 0 Å². The van der Waals surface area contributed by atoms with Crippen LogP contribution in [0.2, 0.25) is 0 Å². The topological polar surface area (TPSA) is 87.9 Å². The normalized spacial score (nSPS) is 10.6. The molecule has 0 spiro atoms. The lowest BCUT2D eigenvalue weighted by Gasteiger charge is -2.13. The number of esters is 1. The van der Waals surface area contributed by atoms with Crippen molar-refractivity contribution in [1.29, 1.82) is 0 Å². The Labute approximate surface area is 170 Å². The van der Waals surface area contributed by atoms with Crippen LogP contribution in [-0.4, -0.2) is 24.6 Å². The van der Waals surface area contributed by atoms with Gasteiger partial charge in [0.05, 0.1) is 22.2 Å². The minimum atomic E-state index is -0.445. The molecular weight excluding hydrogens is 465 g/mol. The van der Waals surface area contributed by atoms with Gasteiger partial charge in [-0.1, -0.05) is 0 Å². The van der Waals surface area contributed by atoms with Gasteiger partial charge < -0.3 is 14.2 Å². The standard InChI is InChI=1S/C19H18INO6/c1-3-26-18(22)9-6-14-10-16(20)19(17(11-14)25-2)27-12-13-4-7-15(8-5-13)21(23)24/h4-11H,3,12H2,1-2H3/b9-6+. The van der Waals surface area contributed by atoms with Crippen LogP contribution < -0.4 is 9.47 Å². The van der Waals surface area contributed by atoms with Crippen molar-refractivity contribution in [1.82, 2.24) is 0 Å². The molecule has 0 bridgehead atoms. The molecule has 0 aliphatic carbocycles. The third kappa shape index (κ3) is 5.95. The first-order chi connectivity index (χ1) is 12.9. The highest BCUT2D eigenvalue weighted by Crippen LogP contribution is 2.35. The first-order valence-corrected chi connectivity index (χ1v) is 9.11. The van der Waals surface area contributed by atoms with Crippen LogP contribution in [0, 0.1) is 13.7 Å². The molecule has 0 N–H and O–H groups in total. The summed E-state index contributed by atoms with van der Waals surface area (Å²) in [6, 6.07) is 9.77. The number of nitro benzene ring substituents is 1. The van der Waals surface area contributed by atoms with Gasteiger partial charge in [0.25, 0.3) is 5.69 Å². The van der Waals surface area contributed by atoms with Gasteiger partial charge in [-0.2, -0.15) is 0 Å². The monoisotopic (exact) mass is 483 g/mol. The van der Waals surface area contributed by atoms with Crippen molar-refractivity contribution < 1.29 is 23.9 Å². The molecule has 0 aromatic heterocycles. The highest BCUT2D eigenvalue weighted by Gasteiger charge is 2.12. The third-order valence-electron chi connectivity index (χ3n) is 3.48. The molecule has 0 aliphatic rings. The fourth-order valence-electron chi connectivity index (χ4n) is 2.20. The molecule has 8 heteroatoms. The van der Waals surface area contributed by atoms with Crippen LogP contribution in [0.15, 0.2) is 42.5 Å². The summed E-state index contributed by atoms with van der Waals surface area (Å²) in [7, 11) is 1.53. The average molecular weight is 483 g/mol. The summed E-state index contributed by atoms with van der Waals surface area (Å²) in [6.45, 7) is 2.30. The number of hydrogen-bond acceptors (Lipinski definition) is 6. The van der Waals surface area contributed by atoms with E-state index in [1.807, 2.05) is 6.07 Å². The van der Waals surface area contributed by atoms with Gasteiger partial charge in [-0.25, -0.2) is 4.79 Å². The molecule has 2 aromatic rings. The second-order valence-electron chi connectivity index (χ2n) is 5.33. The highest BCUT2D eigenvalue weighted by atomic mass is 127. The van der Waals surface area contributed by atoms with Gasteiger partial charge in [0.1, 0.15) is 6.61 Å². The Balaban J connectivity index is 2.14. The number of halogens is 1. The van der Waals surface area contributed by atoms with Crippen molar-refractivity contribution in [3.63, 3.8) is 0 Å². The summed E-state index contributed by atoms with van der Waals surface area (Å²) in [4.78, 5) is 21.7. The van der Waals surface area contributed by atoms with Crippen molar-refractivity contribution in [2.45, 2.75) is 13.5 Å². The maximum absolute atomic E-state index is 11.4. The fraction of sp³-hybridized carbons (Fsp3) is 0.211. The van der Waals surface area contributed by atoms with Crippen LogP contribution in [-0.2, 0) is 16.1 Å². The summed E-state index contributed by atoms with van der Waals surface area (Å²) >= 11 is 2.12. The largest absolute Gasteiger partial charge is 0.493 e. The van der Waals surface area contributed by atoms with Crippen LogP contribution in [0.4, 0.5) is 5.69 Å². The lowest BCUT2D eigenvalue weighted by Crippen LogP contribution is -2.01. The molecule has 2 rings (SSSR count). The second-order valence-corrected chi connectivity index (χ2v) is 6.49. The molecule has 0 atom stereocenters. The van der Waals surface area contributed by atoms with Crippen molar-refractivity contribution >= 4 is 40.3 Å². The summed E-state index contributed by atoms with van der Waals surface area (Å²) in [5.74, 6) is 0.669. The fourth-order valence-corrected chi connectivity index (χ4v) is 2.98. The number of nitro groups is 1. The highest BCUT2D eigenvalue weighted by molar-refractivity contribution is 14.1. The molecule has 27 heavy (non-hydrogen) atoms. The van der Waals surface area contributed by atoms with E-state index in [0.717, 1.165) is 14.7 Å². The SMILES string of the molecule is CCOC(=O)/C=C/c1cc(I)c(OCc2ccc([N+](=O)[O-])cc2)c(OC)c1. The van der Waals surface area contributed by atoms with Gasteiger partial charge in [0.15, 0.2) is 11.5 Å². The van der Waals surface area contributed by atoms with E-state index in [-0.39, 0.29) is 12.3 Å². The van der Waals surface area contributed by atoms with Crippen LogP contribution in [0.25, 0.3) is 6.08 Å². The number of carbonyl (C=O) groups excluding carboxylic acids is 1. The minimum absolute atomic E-state index is 0.0312. The Kier molecular flexibility index (Phi) is 7.59. The lowest BCUT2D eigenvalue weighted by atomic mass is 10.2. The first-order valence-electron chi connectivity index (χ1n) is 8.03. The van der Waals surface area contributed by atoms with Crippen molar-refractivity contribution in [3.05, 3.63) is 67.3 Å². The van der Waals surface area contributed by atoms with Crippen molar-refractivity contribution in [3.8, 4) is 11.5 Å². The zero-order valence-corrected chi connectivity index (χ0v) is 17.0. The smallest absolute Gasteiger partial charge is 0.330 e. The third-order valence-corrected chi connectivity index (χ3v) is 4.28. The Morgan fingerprint density at radius 1 is 1.26 bits per heavy atom. The molecule has 142 valence electrons. The molecule has 0 saturated carbocycles. The van der Waals surface area contributed by atoms with E-state index < -0.39 is 10.9 Å². The summed E-state index contributed by atoms with van der Waals surface area (Å²) in [5.41, 5.74) is 1.60. The number of ether oxygens (including phenoxy) is 3. The van der Waals surface area contributed by atoms with Crippen LogP contribution in [0.1, 0.15) is 18.1 Å². The van der Waals surface area contributed by atoms with E-state index in [4.69, 9.17) is 14.2 Å². The average Bonchev–Trinajstić information content (AvgIpc) is 2.65. The Morgan fingerprint density at radius 2 is 1.96 bits per heavy atom. The quantitative estimate of drug-likeness (QED) is 0.182. The molecule has 7 nitrogen and oxygen atoms in total. The van der Waals surface area contributed by atoms with Crippen LogP contribution >= 0.6 is 22.6 Å². The number of rotatable bonds is 8. The maximum Gasteiger partial charge on any atom is 0.330 e. The molecule has 0 radical (unpaired) electrons. The predicted molar refractivity (Wildman–Crippen MR) is 109 cm³/mol. The lowest BCUT2D eigenvalue weighted by molar-refractivity contribution is -0.384. The molecule has 0 fully saturated rings. The summed E-state index contributed by atoms with van der Waals surface area (Å²) in [6.07, 6.45) is 2.99. The van der Waals surface area contributed by atoms with Gasteiger partial charge >= 0.3 is 5.97 Å². The Morgan fingerprint density at radius 3 is 2.56 bits per heavy atom. The van der Waals surface area contributed by atoms with E-state index in [0.29, 0.717) is 18.1 Å². The number of carbonyl (C=O) groups is 1. The first kappa shape index (κ1) is 20.7. The number of methoxy groups -OCH3 is 1. The summed E-state index contributed by atoms with van der Waals surface area (Å²) in [5, 5.41) is 10.7. The van der Waals surface area contributed by atoms with E-state index in [9.17, 15) is 14.9 Å². The van der Waals surface area contributed by atoms with Gasteiger partial charge in [0.2, 0.25) is 0 Å². The molecular formula is C19H18INO6. The predicted octanol–water partition coefficient (Wildman–Crippen LogP) is 4.36. The number of non-ortho nitro benzene ring substituents is 1. The zero-order valence-electron chi connectivity index (χ0n) is 14.8. The van der Waals surface area contributed by atoms with Gasteiger partial charge in [-0.05, 0) is 71.0 Å². The molecule has 0 unspecified atom stereocenters.